The van der Waals surface area contributed by atoms with Gasteiger partial charge in [-0.3, -0.25) is 14.9 Å². The Bertz CT molecular complexity index is 550. The minimum atomic E-state index is -0.602. The Labute approximate surface area is 127 Å². The van der Waals surface area contributed by atoms with Crippen molar-refractivity contribution in [3.8, 4) is 0 Å². The van der Waals surface area contributed by atoms with E-state index in [1.165, 1.54) is 18.2 Å². The summed E-state index contributed by atoms with van der Waals surface area (Å²) >= 11 is 5.82. The van der Waals surface area contributed by atoms with Gasteiger partial charge in [0.05, 0.1) is 4.92 Å². The predicted octanol–water partition coefficient (Wildman–Crippen LogP) is 2.53. The van der Waals surface area contributed by atoms with Crippen LogP contribution in [0.4, 0.5) is 5.69 Å². The van der Waals surface area contributed by atoms with Crippen molar-refractivity contribution in [3.05, 3.63) is 38.9 Å². The first-order valence-electron chi connectivity index (χ1n) is 6.88. The zero-order chi connectivity index (χ0) is 15.4. The summed E-state index contributed by atoms with van der Waals surface area (Å²) in [6.07, 6.45) is 3.61. The summed E-state index contributed by atoms with van der Waals surface area (Å²) in [5.74, 6) is -0.518. The molecule has 0 bridgehead atoms. The quantitative estimate of drug-likeness (QED) is 0.660. The van der Waals surface area contributed by atoms with Gasteiger partial charge in [0.2, 0.25) is 0 Å². The number of rotatable bonds is 4. The van der Waals surface area contributed by atoms with Crippen molar-refractivity contribution < 1.29 is 14.8 Å². The molecule has 2 rings (SSSR count). The Morgan fingerprint density at radius 1 is 1.43 bits per heavy atom. The molecule has 1 aliphatic rings. The maximum Gasteiger partial charge on any atom is 0.282 e. The average Bonchev–Trinajstić information content (AvgIpc) is 2.47. The minimum absolute atomic E-state index is 0.000871. The molecule has 1 saturated carbocycles. The summed E-state index contributed by atoms with van der Waals surface area (Å²) < 4.78 is 0. The fraction of sp³-hybridized carbons (Fsp3) is 0.500. The van der Waals surface area contributed by atoms with Crippen LogP contribution in [0.15, 0.2) is 18.2 Å². The van der Waals surface area contributed by atoms with Crippen LogP contribution in [0.1, 0.15) is 36.0 Å². The molecule has 0 spiro atoms. The summed E-state index contributed by atoms with van der Waals surface area (Å²) in [5, 5.41) is 23.4. The predicted molar refractivity (Wildman–Crippen MR) is 78.4 cm³/mol. The summed E-state index contributed by atoms with van der Waals surface area (Å²) in [7, 11) is 0. The molecule has 2 atom stereocenters. The van der Waals surface area contributed by atoms with Crippen LogP contribution in [-0.2, 0) is 0 Å². The molecule has 2 unspecified atom stereocenters. The number of halogens is 1. The van der Waals surface area contributed by atoms with E-state index in [0.717, 1.165) is 25.7 Å². The maximum atomic E-state index is 12.3. The molecule has 1 aromatic carbocycles. The number of aliphatic hydroxyl groups excluding tert-OH is 1. The Morgan fingerprint density at radius 2 is 2.14 bits per heavy atom. The number of nitro groups is 1. The largest absolute Gasteiger partial charge is 0.396 e. The van der Waals surface area contributed by atoms with Gasteiger partial charge in [-0.2, -0.15) is 0 Å². The topological polar surface area (TPSA) is 92.5 Å². The van der Waals surface area contributed by atoms with E-state index in [4.69, 9.17) is 11.6 Å². The highest BCUT2D eigenvalue weighted by molar-refractivity contribution is 6.31. The molecular formula is C14H17ClN2O4. The number of nitrogens with zero attached hydrogens (tertiary/aromatic N) is 1. The van der Waals surface area contributed by atoms with Crippen LogP contribution in [0.2, 0.25) is 5.02 Å². The SMILES string of the molecule is O=C(NC1CCCCC1CO)c1cc(Cl)ccc1[N+](=O)[O-]. The van der Waals surface area contributed by atoms with Crippen molar-refractivity contribution in [3.63, 3.8) is 0 Å². The van der Waals surface area contributed by atoms with E-state index in [0.29, 0.717) is 0 Å². The molecule has 1 fully saturated rings. The van der Waals surface area contributed by atoms with Gasteiger partial charge in [-0.25, -0.2) is 0 Å². The number of nitro benzene ring substituents is 1. The Balaban J connectivity index is 2.19. The molecule has 0 heterocycles. The van der Waals surface area contributed by atoms with Gasteiger partial charge in [-0.15, -0.1) is 0 Å². The van der Waals surface area contributed by atoms with E-state index < -0.39 is 10.8 Å². The minimum Gasteiger partial charge on any atom is -0.396 e. The highest BCUT2D eigenvalue weighted by Gasteiger charge is 2.28. The summed E-state index contributed by atoms with van der Waals surface area (Å²) in [5.41, 5.74) is -0.317. The fourth-order valence-corrected chi connectivity index (χ4v) is 2.88. The monoisotopic (exact) mass is 312 g/mol. The van der Waals surface area contributed by atoms with Crippen LogP contribution in [0.3, 0.4) is 0 Å². The molecular weight excluding hydrogens is 296 g/mol. The summed E-state index contributed by atoms with van der Waals surface area (Å²) in [6.45, 7) is 0.00257. The second-order valence-electron chi connectivity index (χ2n) is 5.23. The molecule has 7 heteroatoms. The van der Waals surface area contributed by atoms with Gasteiger partial charge in [-0.05, 0) is 25.0 Å². The number of carbonyl (C=O) groups is 1. The fourth-order valence-electron chi connectivity index (χ4n) is 2.71. The number of nitrogens with one attached hydrogen (secondary N) is 1. The first-order chi connectivity index (χ1) is 10.0. The Hall–Kier alpha value is -1.66. The van der Waals surface area contributed by atoms with Gasteiger partial charge in [0.25, 0.3) is 11.6 Å². The lowest BCUT2D eigenvalue weighted by Gasteiger charge is -2.30. The van der Waals surface area contributed by atoms with Crippen LogP contribution >= 0.6 is 11.6 Å². The van der Waals surface area contributed by atoms with Crippen LogP contribution in [0, 0.1) is 16.0 Å². The third-order valence-electron chi connectivity index (χ3n) is 3.86. The second-order valence-corrected chi connectivity index (χ2v) is 5.66. The molecule has 114 valence electrons. The van der Waals surface area contributed by atoms with E-state index in [9.17, 15) is 20.0 Å². The van der Waals surface area contributed by atoms with Crippen LogP contribution in [0.25, 0.3) is 0 Å². The molecule has 0 aliphatic heterocycles. The van der Waals surface area contributed by atoms with Crippen molar-refractivity contribution in [1.29, 1.82) is 0 Å². The van der Waals surface area contributed by atoms with E-state index in [1.54, 1.807) is 0 Å². The summed E-state index contributed by atoms with van der Waals surface area (Å²) in [6, 6.07) is 3.75. The van der Waals surface area contributed by atoms with Crippen molar-refractivity contribution >= 4 is 23.2 Å². The normalized spacial score (nSPS) is 21.8. The Morgan fingerprint density at radius 3 is 2.81 bits per heavy atom. The molecule has 0 aromatic heterocycles. The lowest BCUT2D eigenvalue weighted by molar-refractivity contribution is -0.385. The Kier molecular flexibility index (Phi) is 5.14. The number of carbonyl (C=O) groups excluding carboxylic acids is 1. The number of benzene rings is 1. The van der Waals surface area contributed by atoms with Crippen LogP contribution in [0.5, 0.6) is 0 Å². The molecule has 1 aliphatic carbocycles. The maximum absolute atomic E-state index is 12.3. The number of amides is 1. The van der Waals surface area contributed by atoms with Gasteiger partial charge < -0.3 is 10.4 Å². The molecule has 1 aromatic rings. The third kappa shape index (κ3) is 3.71. The molecule has 0 saturated heterocycles. The molecule has 6 nitrogen and oxygen atoms in total. The lowest BCUT2D eigenvalue weighted by atomic mass is 9.85. The van der Waals surface area contributed by atoms with Gasteiger partial charge in [0.15, 0.2) is 0 Å². The third-order valence-corrected chi connectivity index (χ3v) is 4.10. The second kappa shape index (κ2) is 6.87. The number of hydrogen-bond acceptors (Lipinski definition) is 4. The van der Waals surface area contributed by atoms with Crippen molar-refractivity contribution in [2.45, 2.75) is 31.7 Å². The van der Waals surface area contributed by atoms with Crippen molar-refractivity contribution in [2.75, 3.05) is 6.61 Å². The summed E-state index contributed by atoms with van der Waals surface area (Å²) in [4.78, 5) is 22.7. The first-order valence-corrected chi connectivity index (χ1v) is 7.26. The number of hydrogen-bond donors (Lipinski definition) is 2. The molecule has 0 radical (unpaired) electrons. The first kappa shape index (κ1) is 15.7. The van der Waals surface area contributed by atoms with Gasteiger partial charge in [0.1, 0.15) is 5.56 Å². The standard InChI is InChI=1S/C14H17ClN2O4/c15-10-5-6-13(17(20)21)11(7-10)14(19)16-12-4-2-1-3-9(12)8-18/h5-7,9,12,18H,1-4,8H2,(H,16,19). The zero-order valence-electron chi connectivity index (χ0n) is 11.4. The smallest absolute Gasteiger partial charge is 0.282 e. The highest BCUT2D eigenvalue weighted by atomic mass is 35.5. The molecule has 2 N–H and O–H groups in total. The van der Waals surface area contributed by atoms with Gasteiger partial charge in [-0.1, -0.05) is 24.4 Å². The van der Waals surface area contributed by atoms with Crippen molar-refractivity contribution in [1.82, 2.24) is 5.32 Å². The number of aliphatic hydroxyl groups is 1. The van der Waals surface area contributed by atoms with E-state index >= 15 is 0 Å². The van der Waals surface area contributed by atoms with E-state index in [-0.39, 0.29) is 34.8 Å². The van der Waals surface area contributed by atoms with Crippen molar-refractivity contribution in [2.24, 2.45) is 5.92 Å². The highest BCUT2D eigenvalue weighted by Crippen LogP contribution is 2.26. The lowest BCUT2D eigenvalue weighted by Crippen LogP contribution is -2.43. The molecule has 21 heavy (non-hydrogen) atoms. The molecule has 1 amide bonds. The van der Waals surface area contributed by atoms with Crippen LogP contribution < -0.4 is 5.32 Å². The van der Waals surface area contributed by atoms with E-state index in [1.807, 2.05) is 0 Å². The van der Waals surface area contributed by atoms with Gasteiger partial charge >= 0.3 is 0 Å². The van der Waals surface area contributed by atoms with E-state index in [2.05, 4.69) is 5.32 Å². The van der Waals surface area contributed by atoms with Crippen LogP contribution in [-0.4, -0.2) is 28.6 Å². The average molecular weight is 313 g/mol. The van der Waals surface area contributed by atoms with Gasteiger partial charge in [0, 0.05) is 29.7 Å². The zero-order valence-corrected chi connectivity index (χ0v) is 12.2.